The molecule has 0 atom stereocenters. The van der Waals surface area contributed by atoms with Crippen molar-refractivity contribution in [3.8, 4) is 0 Å². The second kappa shape index (κ2) is 5.68. The van der Waals surface area contributed by atoms with Gasteiger partial charge in [0.25, 0.3) is 5.56 Å². The molecule has 0 aliphatic heterocycles. The number of hydrogen-bond acceptors (Lipinski definition) is 4. The lowest BCUT2D eigenvalue weighted by Gasteiger charge is -2.05. The largest absolute Gasteiger partial charge is 0.332 e. The highest BCUT2D eigenvalue weighted by atomic mass is 32.2. The number of imidazole rings is 1. The summed E-state index contributed by atoms with van der Waals surface area (Å²) in [6.07, 6.45) is 1.59. The van der Waals surface area contributed by atoms with Crippen molar-refractivity contribution in [2.45, 2.75) is 23.9 Å². The molecule has 134 valence electrons. The third kappa shape index (κ3) is 2.37. The van der Waals surface area contributed by atoms with Gasteiger partial charge in [-0.15, -0.1) is 0 Å². The van der Waals surface area contributed by atoms with Crippen LogP contribution in [0.1, 0.15) is 11.4 Å². The number of pyridine rings is 1. The predicted octanol–water partition coefficient (Wildman–Crippen LogP) is 4.19. The quantitative estimate of drug-likeness (QED) is 0.401. The molecule has 5 aromatic rings. The van der Waals surface area contributed by atoms with Gasteiger partial charge in [0.1, 0.15) is 5.82 Å². The summed E-state index contributed by atoms with van der Waals surface area (Å²) in [5.74, 6) is -0.388. The average molecular weight is 379 g/mol. The van der Waals surface area contributed by atoms with Gasteiger partial charge in [-0.25, -0.2) is 9.37 Å². The van der Waals surface area contributed by atoms with E-state index in [1.54, 1.807) is 12.3 Å². The molecule has 6 nitrogen and oxygen atoms in total. The van der Waals surface area contributed by atoms with Crippen molar-refractivity contribution in [3.05, 3.63) is 58.0 Å². The number of fused-ring (bicyclic) bond motifs is 6. The summed E-state index contributed by atoms with van der Waals surface area (Å²) in [4.78, 5) is 24.2. The smallest absolute Gasteiger partial charge is 0.256 e. The molecule has 0 fully saturated rings. The van der Waals surface area contributed by atoms with E-state index in [1.807, 2.05) is 19.9 Å². The highest BCUT2D eigenvalue weighted by Crippen LogP contribution is 2.36. The summed E-state index contributed by atoms with van der Waals surface area (Å²) in [6, 6.07) is 6.25. The van der Waals surface area contributed by atoms with Crippen molar-refractivity contribution in [2.75, 3.05) is 0 Å². The first-order valence-corrected chi connectivity index (χ1v) is 9.16. The minimum Gasteiger partial charge on any atom is -0.332 e. The molecule has 8 heteroatoms. The number of hydrogen-bond donors (Lipinski definition) is 3. The Kier molecular flexibility index (Phi) is 3.38. The monoisotopic (exact) mass is 379 g/mol. The Labute approximate surface area is 156 Å². The second-order valence-electron chi connectivity index (χ2n) is 6.42. The highest BCUT2D eigenvalue weighted by Gasteiger charge is 2.17. The van der Waals surface area contributed by atoms with Gasteiger partial charge in [-0.2, -0.15) is 5.10 Å². The lowest BCUT2D eigenvalue weighted by Crippen LogP contribution is -2.05. The van der Waals surface area contributed by atoms with Gasteiger partial charge in [0.2, 0.25) is 0 Å². The number of aromatic amines is 3. The molecule has 0 radical (unpaired) electrons. The zero-order valence-corrected chi connectivity index (χ0v) is 15.3. The Bertz CT molecular complexity index is 1400. The number of rotatable bonds is 2. The molecule has 5 rings (SSSR count). The van der Waals surface area contributed by atoms with E-state index in [-0.39, 0.29) is 11.4 Å². The molecule has 0 spiro atoms. The third-order valence-electron chi connectivity index (χ3n) is 4.68. The standard InChI is InChI=1S/C19H14FN5OS/c1-8-17(9(2)25-24-8)27-19-22-15-11-4-3-10(20)7-13(11)14-12(16(15)23-19)5-6-21-18(14)26/h3-7H,1-2H3,(H,21,26)(H,22,23)(H,24,25). The van der Waals surface area contributed by atoms with Crippen molar-refractivity contribution >= 4 is 44.3 Å². The molecule has 0 amide bonds. The van der Waals surface area contributed by atoms with Crippen LogP contribution in [0.25, 0.3) is 32.6 Å². The Hall–Kier alpha value is -3.13. The lowest BCUT2D eigenvalue weighted by molar-refractivity contribution is 0.630. The predicted molar refractivity (Wildman–Crippen MR) is 104 cm³/mol. The number of H-pyrrole nitrogens is 3. The molecule has 3 aromatic heterocycles. The number of aromatic nitrogens is 5. The van der Waals surface area contributed by atoms with Crippen LogP contribution >= 0.6 is 11.8 Å². The topological polar surface area (TPSA) is 90.2 Å². The molecular formula is C19H14FN5OS. The maximum absolute atomic E-state index is 13.9. The molecule has 27 heavy (non-hydrogen) atoms. The number of benzene rings is 2. The van der Waals surface area contributed by atoms with Crippen molar-refractivity contribution in [3.63, 3.8) is 0 Å². The number of aryl methyl sites for hydroxylation is 2. The van der Waals surface area contributed by atoms with Crippen molar-refractivity contribution in [1.29, 1.82) is 0 Å². The third-order valence-corrected chi connectivity index (χ3v) is 5.87. The minimum absolute atomic E-state index is 0.254. The summed E-state index contributed by atoms with van der Waals surface area (Å²) >= 11 is 1.48. The van der Waals surface area contributed by atoms with Gasteiger partial charge < -0.3 is 9.97 Å². The molecule has 0 aliphatic carbocycles. The van der Waals surface area contributed by atoms with E-state index in [0.29, 0.717) is 26.8 Å². The van der Waals surface area contributed by atoms with Crippen LogP contribution in [0.5, 0.6) is 0 Å². The normalized spacial score (nSPS) is 11.8. The van der Waals surface area contributed by atoms with Crippen molar-refractivity contribution < 1.29 is 4.39 Å². The van der Waals surface area contributed by atoms with E-state index >= 15 is 0 Å². The number of nitrogens with zero attached hydrogens (tertiary/aromatic N) is 2. The maximum Gasteiger partial charge on any atom is 0.256 e. The van der Waals surface area contributed by atoms with Crippen LogP contribution in [0, 0.1) is 19.7 Å². The van der Waals surface area contributed by atoms with Crippen LogP contribution in [-0.2, 0) is 0 Å². The number of halogens is 1. The van der Waals surface area contributed by atoms with Crippen LogP contribution in [0.2, 0.25) is 0 Å². The van der Waals surface area contributed by atoms with Crippen molar-refractivity contribution in [1.82, 2.24) is 25.1 Å². The molecule has 0 unspecified atom stereocenters. The van der Waals surface area contributed by atoms with E-state index < -0.39 is 0 Å². The molecule has 0 aliphatic rings. The van der Waals surface area contributed by atoms with E-state index in [1.165, 1.54) is 23.9 Å². The summed E-state index contributed by atoms with van der Waals surface area (Å²) < 4.78 is 13.9. The van der Waals surface area contributed by atoms with Crippen LogP contribution in [0.4, 0.5) is 4.39 Å². The zero-order chi connectivity index (χ0) is 18.7. The van der Waals surface area contributed by atoms with Gasteiger partial charge >= 0.3 is 0 Å². The fourth-order valence-electron chi connectivity index (χ4n) is 3.46. The molecular weight excluding hydrogens is 365 g/mol. The molecule has 0 saturated carbocycles. The summed E-state index contributed by atoms with van der Waals surface area (Å²) in [7, 11) is 0. The van der Waals surface area contributed by atoms with Crippen LogP contribution < -0.4 is 5.56 Å². The van der Waals surface area contributed by atoms with E-state index in [2.05, 4.69) is 20.2 Å². The van der Waals surface area contributed by atoms with Gasteiger partial charge in [0.05, 0.1) is 27.0 Å². The fraction of sp³-hybridized carbons (Fsp3) is 0.105. The first-order chi connectivity index (χ1) is 13.0. The Balaban J connectivity index is 1.87. The molecule has 0 saturated heterocycles. The molecule has 2 aromatic carbocycles. The Morgan fingerprint density at radius 2 is 1.96 bits per heavy atom. The Morgan fingerprint density at radius 3 is 2.74 bits per heavy atom. The van der Waals surface area contributed by atoms with Gasteiger partial charge in [-0.1, -0.05) is 0 Å². The number of nitrogens with one attached hydrogen (secondary N) is 3. The van der Waals surface area contributed by atoms with Gasteiger partial charge in [-0.05, 0) is 49.9 Å². The van der Waals surface area contributed by atoms with E-state index in [9.17, 15) is 9.18 Å². The summed E-state index contributed by atoms with van der Waals surface area (Å²) in [5.41, 5.74) is 3.08. The van der Waals surface area contributed by atoms with Crippen molar-refractivity contribution in [2.24, 2.45) is 0 Å². The van der Waals surface area contributed by atoms with E-state index in [0.717, 1.165) is 27.2 Å². The first-order valence-electron chi connectivity index (χ1n) is 8.34. The van der Waals surface area contributed by atoms with Gasteiger partial charge in [0, 0.05) is 28.0 Å². The van der Waals surface area contributed by atoms with Crippen LogP contribution in [0.3, 0.4) is 0 Å². The van der Waals surface area contributed by atoms with Gasteiger partial charge in [0.15, 0.2) is 5.16 Å². The SMILES string of the molecule is Cc1n[nH]c(C)c1Sc1nc2c3ccc(F)cc3c3c(=O)[nH]ccc3c2[nH]1. The summed E-state index contributed by atoms with van der Waals surface area (Å²) in [6.45, 7) is 3.89. The van der Waals surface area contributed by atoms with Crippen LogP contribution in [-0.4, -0.2) is 25.1 Å². The van der Waals surface area contributed by atoms with Gasteiger partial charge in [-0.3, -0.25) is 9.89 Å². The molecule has 3 N–H and O–H groups in total. The molecule has 0 bridgehead atoms. The highest BCUT2D eigenvalue weighted by molar-refractivity contribution is 7.99. The molecule has 3 heterocycles. The lowest BCUT2D eigenvalue weighted by atomic mass is 10.0. The van der Waals surface area contributed by atoms with E-state index in [4.69, 9.17) is 4.98 Å². The maximum atomic E-state index is 13.9. The first kappa shape index (κ1) is 16.1. The fourth-order valence-corrected chi connectivity index (χ4v) is 4.34. The summed E-state index contributed by atoms with van der Waals surface area (Å²) in [5, 5.41) is 10.3. The Morgan fingerprint density at radius 1 is 1.11 bits per heavy atom. The zero-order valence-electron chi connectivity index (χ0n) is 14.5. The van der Waals surface area contributed by atoms with Crippen LogP contribution in [0.15, 0.2) is 45.3 Å². The minimum atomic E-state index is -0.388. The average Bonchev–Trinajstić information content (AvgIpc) is 3.20. The second-order valence-corrected chi connectivity index (χ2v) is 7.42.